The molecule has 18 heavy (non-hydrogen) atoms. The molecule has 8 heteroatoms. The minimum Gasteiger partial charge on any atom is -0.381 e. The van der Waals surface area contributed by atoms with Crippen LogP contribution in [0.5, 0.6) is 0 Å². The van der Waals surface area contributed by atoms with Crippen molar-refractivity contribution in [1.82, 2.24) is 0 Å². The third-order valence-corrected chi connectivity index (χ3v) is 3.77. The molecule has 0 aromatic heterocycles. The molecule has 0 aromatic rings. The number of carbonyl (C=O) groups is 1. The van der Waals surface area contributed by atoms with Gasteiger partial charge in [-0.25, -0.2) is 0 Å². The number of allylic oxidation sites excluding steroid dienone is 2. The largest absolute Gasteiger partial charge is 0.534 e. The van der Waals surface area contributed by atoms with E-state index in [4.69, 9.17) is 0 Å². The van der Waals surface area contributed by atoms with Gasteiger partial charge in [0.25, 0.3) is 0 Å². The standard InChI is InChI=1S/C10H13F3O4S/c1-6-5-8(7(2)14)3-4-9(6)17-18(15,16)10(11,12)13/h4,6,8H,3,5H2,1-2H3. The highest BCUT2D eigenvalue weighted by molar-refractivity contribution is 7.87. The van der Waals surface area contributed by atoms with Crippen molar-refractivity contribution in [3.63, 3.8) is 0 Å². The van der Waals surface area contributed by atoms with Gasteiger partial charge in [0, 0.05) is 11.8 Å². The number of halogens is 3. The van der Waals surface area contributed by atoms with E-state index < -0.39 is 21.5 Å². The van der Waals surface area contributed by atoms with Crippen molar-refractivity contribution < 1.29 is 30.6 Å². The van der Waals surface area contributed by atoms with Gasteiger partial charge >= 0.3 is 15.6 Å². The molecule has 0 radical (unpaired) electrons. The lowest BCUT2D eigenvalue weighted by atomic mass is 9.84. The molecule has 4 nitrogen and oxygen atoms in total. The summed E-state index contributed by atoms with van der Waals surface area (Å²) < 4.78 is 62.1. The minimum atomic E-state index is -5.62. The van der Waals surface area contributed by atoms with E-state index in [0.29, 0.717) is 0 Å². The molecule has 0 saturated carbocycles. The smallest absolute Gasteiger partial charge is 0.381 e. The highest BCUT2D eigenvalue weighted by Gasteiger charge is 2.49. The summed E-state index contributed by atoms with van der Waals surface area (Å²) in [6.07, 6.45) is 1.72. The average Bonchev–Trinajstić information content (AvgIpc) is 2.18. The fraction of sp³-hybridized carbons (Fsp3) is 0.700. The molecule has 1 aliphatic carbocycles. The van der Waals surface area contributed by atoms with Crippen LogP contribution in [0.1, 0.15) is 26.7 Å². The second-order valence-corrected chi connectivity index (χ2v) is 5.81. The van der Waals surface area contributed by atoms with E-state index in [2.05, 4.69) is 4.18 Å². The molecule has 0 aromatic carbocycles. The summed E-state index contributed by atoms with van der Waals surface area (Å²) >= 11 is 0. The Kier molecular flexibility index (Phi) is 4.09. The van der Waals surface area contributed by atoms with Crippen LogP contribution in [-0.4, -0.2) is 19.7 Å². The molecular weight excluding hydrogens is 273 g/mol. The number of rotatable bonds is 3. The van der Waals surface area contributed by atoms with Crippen molar-refractivity contribution >= 4 is 15.9 Å². The number of Topliss-reactive ketones (excluding diaryl/α,β-unsaturated/α-hetero) is 1. The molecule has 1 aliphatic rings. The first kappa shape index (κ1) is 15.0. The Morgan fingerprint density at radius 1 is 1.44 bits per heavy atom. The second kappa shape index (κ2) is 4.91. The van der Waals surface area contributed by atoms with E-state index in [0.717, 1.165) is 0 Å². The van der Waals surface area contributed by atoms with Gasteiger partial charge in [0.05, 0.1) is 0 Å². The quantitative estimate of drug-likeness (QED) is 0.590. The molecule has 0 saturated heterocycles. The zero-order valence-electron chi connectivity index (χ0n) is 9.82. The Bertz CT molecular complexity index is 464. The molecule has 0 spiro atoms. The molecular formula is C10H13F3O4S. The molecule has 0 heterocycles. The fourth-order valence-electron chi connectivity index (χ4n) is 1.72. The lowest BCUT2D eigenvalue weighted by Gasteiger charge is -2.25. The third kappa shape index (κ3) is 3.24. The Morgan fingerprint density at radius 2 is 2.00 bits per heavy atom. The van der Waals surface area contributed by atoms with Crippen LogP contribution >= 0.6 is 0 Å². The third-order valence-electron chi connectivity index (χ3n) is 2.79. The molecule has 0 fully saturated rings. The minimum absolute atomic E-state index is 0.0733. The number of hydrogen-bond acceptors (Lipinski definition) is 4. The highest BCUT2D eigenvalue weighted by Crippen LogP contribution is 2.34. The molecule has 0 N–H and O–H groups in total. The first-order chi connectivity index (χ1) is 8.04. The van der Waals surface area contributed by atoms with E-state index in [1.165, 1.54) is 19.9 Å². The SMILES string of the molecule is CC(=O)C1CC=C(OS(=O)(=O)C(F)(F)F)C(C)C1. The molecule has 0 bridgehead atoms. The summed E-state index contributed by atoms with van der Waals surface area (Å²) in [5, 5.41) is 0. The predicted molar refractivity (Wildman–Crippen MR) is 56.7 cm³/mol. The molecule has 2 unspecified atom stereocenters. The van der Waals surface area contributed by atoms with Gasteiger partial charge in [0.1, 0.15) is 11.5 Å². The molecule has 1 rings (SSSR count). The average molecular weight is 286 g/mol. The van der Waals surface area contributed by atoms with Gasteiger partial charge in [0.2, 0.25) is 0 Å². The van der Waals surface area contributed by atoms with E-state index in [9.17, 15) is 26.4 Å². The number of carbonyl (C=O) groups excluding carboxylic acids is 1. The van der Waals surface area contributed by atoms with Crippen molar-refractivity contribution in [2.75, 3.05) is 0 Å². The van der Waals surface area contributed by atoms with Crippen LogP contribution in [0.25, 0.3) is 0 Å². The van der Waals surface area contributed by atoms with Crippen molar-refractivity contribution in [3.05, 3.63) is 11.8 Å². The lowest BCUT2D eigenvalue weighted by molar-refractivity contribution is -0.121. The first-order valence-corrected chi connectivity index (χ1v) is 6.66. The normalized spacial score (nSPS) is 25.5. The van der Waals surface area contributed by atoms with Crippen LogP contribution in [0, 0.1) is 11.8 Å². The van der Waals surface area contributed by atoms with Gasteiger partial charge in [-0.15, -0.1) is 0 Å². The van der Waals surface area contributed by atoms with Gasteiger partial charge in [-0.3, -0.25) is 4.79 Å². The summed E-state index contributed by atoms with van der Waals surface area (Å²) in [6.45, 7) is 2.91. The van der Waals surface area contributed by atoms with Gasteiger partial charge in [-0.05, 0) is 25.8 Å². The zero-order valence-corrected chi connectivity index (χ0v) is 10.6. The summed E-state index contributed by atoms with van der Waals surface area (Å²) in [7, 11) is -5.62. The van der Waals surface area contributed by atoms with Crippen LogP contribution < -0.4 is 0 Å². The van der Waals surface area contributed by atoms with Crippen LogP contribution in [0.2, 0.25) is 0 Å². The van der Waals surface area contributed by atoms with Crippen LogP contribution in [0.4, 0.5) is 13.2 Å². The maximum absolute atomic E-state index is 12.1. The van der Waals surface area contributed by atoms with Gasteiger partial charge < -0.3 is 4.18 Å². The Morgan fingerprint density at radius 3 is 2.39 bits per heavy atom. The molecule has 0 amide bonds. The lowest BCUT2D eigenvalue weighted by Crippen LogP contribution is -2.28. The van der Waals surface area contributed by atoms with Crippen LogP contribution in [-0.2, 0) is 19.1 Å². The number of alkyl halides is 3. The Labute approximate surface area is 103 Å². The molecule has 0 aliphatic heterocycles. The number of hydrogen-bond donors (Lipinski definition) is 0. The molecule has 104 valence electrons. The van der Waals surface area contributed by atoms with Crippen LogP contribution in [0.3, 0.4) is 0 Å². The summed E-state index contributed by atoms with van der Waals surface area (Å²) in [4.78, 5) is 11.1. The summed E-state index contributed by atoms with van der Waals surface area (Å²) in [5.74, 6) is -1.15. The fourth-order valence-corrected chi connectivity index (χ4v) is 2.30. The maximum Gasteiger partial charge on any atom is 0.534 e. The van der Waals surface area contributed by atoms with Crippen molar-refractivity contribution in [2.24, 2.45) is 11.8 Å². The van der Waals surface area contributed by atoms with E-state index in [-0.39, 0.29) is 30.3 Å². The van der Waals surface area contributed by atoms with Gasteiger partial charge in [-0.1, -0.05) is 6.92 Å². The van der Waals surface area contributed by atoms with Gasteiger partial charge in [-0.2, -0.15) is 21.6 Å². The van der Waals surface area contributed by atoms with Crippen molar-refractivity contribution in [1.29, 1.82) is 0 Å². The molecule has 2 atom stereocenters. The summed E-state index contributed by atoms with van der Waals surface area (Å²) in [5.41, 5.74) is -5.44. The summed E-state index contributed by atoms with van der Waals surface area (Å²) in [6, 6.07) is 0. The predicted octanol–water partition coefficient (Wildman–Crippen LogP) is 2.37. The Hall–Kier alpha value is -1.05. The topological polar surface area (TPSA) is 60.4 Å². The zero-order chi connectivity index (χ0) is 14.1. The van der Waals surface area contributed by atoms with E-state index >= 15 is 0 Å². The first-order valence-electron chi connectivity index (χ1n) is 5.26. The van der Waals surface area contributed by atoms with Crippen molar-refractivity contribution in [2.45, 2.75) is 32.2 Å². The highest BCUT2D eigenvalue weighted by atomic mass is 32.2. The Balaban J connectivity index is 2.85. The number of ketones is 1. The van der Waals surface area contributed by atoms with E-state index in [1.54, 1.807) is 0 Å². The maximum atomic E-state index is 12.1. The van der Waals surface area contributed by atoms with Gasteiger partial charge in [0.15, 0.2) is 0 Å². The monoisotopic (exact) mass is 286 g/mol. The van der Waals surface area contributed by atoms with Crippen molar-refractivity contribution in [3.8, 4) is 0 Å². The van der Waals surface area contributed by atoms with Crippen LogP contribution in [0.15, 0.2) is 11.8 Å². The second-order valence-electron chi connectivity index (χ2n) is 4.27. The van der Waals surface area contributed by atoms with E-state index in [1.807, 2.05) is 0 Å².